The predicted molar refractivity (Wildman–Crippen MR) is 186 cm³/mol. The molecule has 43 heavy (non-hydrogen) atoms. The van der Waals surface area contributed by atoms with Gasteiger partial charge < -0.3 is 9.32 Å². The Bertz CT molecular complexity index is 2380. The van der Waals surface area contributed by atoms with Gasteiger partial charge >= 0.3 is 0 Å². The molecule has 1 aromatic heterocycles. The summed E-state index contributed by atoms with van der Waals surface area (Å²) in [4.78, 5) is 2.45. The van der Waals surface area contributed by atoms with E-state index in [1.807, 2.05) is 0 Å². The lowest BCUT2D eigenvalue weighted by atomic mass is 9.98. The Balaban J connectivity index is 1.32. The van der Waals surface area contributed by atoms with Gasteiger partial charge in [0.1, 0.15) is 19.2 Å². The third-order valence-electron chi connectivity index (χ3n) is 9.42. The fourth-order valence-electron chi connectivity index (χ4n) is 7.39. The summed E-state index contributed by atoms with van der Waals surface area (Å²) in [6, 6.07) is 50.8. The quantitative estimate of drug-likeness (QED) is 0.156. The zero-order valence-corrected chi connectivity index (χ0v) is 25.1. The van der Waals surface area contributed by atoms with Gasteiger partial charge in [0.05, 0.1) is 5.69 Å². The minimum atomic E-state index is -2.00. The monoisotopic (exact) mass is 567 g/mol. The van der Waals surface area contributed by atoms with Gasteiger partial charge in [-0.15, -0.1) is 0 Å². The largest absolute Gasteiger partial charge is 0.456 e. The lowest BCUT2D eigenvalue weighted by Gasteiger charge is -2.29. The van der Waals surface area contributed by atoms with E-state index in [4.69, 9.17) is 4.42 Å². The van der Waals surface area contributed by atoms with Gasteiger partial charge in [-0.05, 0) is 80.1 Å². The van der Waals surface area contributed by atoms with E-state index in [1.165, 1.54) is 65.2 Å². The first-order chi connectivity index (χ1) is 21.1. The van der Waals surface area contributed by atoms with E-state index in [1.54, 1.807) is 0 Å². The highest BCUT2D eigenvalue weighted by molar-refractivity contribution is 7.04. The van der Waals surface area contributed by atoms with Crippen molar-refractivity contribution in [1.29, 1.82) is 0 Å². The van der Waals surface area contributed by atoms with E-state index < -0.39 is 8.07 Å². The van der Waals surface area contributed by atoms with Crippen LogP contribution in [0.2, 0.25) is 13.1 Å². The smallest absolute Gasteiger partial charge is 0.136 e. The van der Waals surface area contributed by atoms with Crippen molar-refractivity contribution < 1.29 is 4.42 Å². The highest BCUT2D eigenvalue weighted by Crippen LogP contribution is 2.44. The van der Waals surface area contributed by atoms with E-state index in [-0.39, 0.29) is 0 Å². The van der Waals surface area contributed by atoms with Gasteiger partial charge in [-0.3, -0.25) is 0 Å². The third kappa shape index (κ3) is 3.46. The van der Waals surface area contributed by atoms with Crippen molar-refractivity contribution in [3.63, 3.8) is 0 Å². The van der Waals surface area contributed by atoms with Crippen LogP contribution in [0.25, 0.3) is 54.6 Å². The molecule has 0 aliphatic carbocycles. The van der Waals surface area contributed by atoms with Crippen molar-refractivity contribution in [1.82, 2.24) is 0 Å². The number of benzene rings is 7. The van der Waals surface area contributed by atoms with E-state index >= 15 is 0 Å². The number of anilines is 3. The lowest BCUT2D eigenvalue weighted by molar-refractivity contribution is 0.669. The fourth-order valence-corrected chi connectivity index (χ4v) is 10.5. The van der Waals surface area contributed by atoms with Crippen molar-refractivity contribution in [3.8, 4) is 11.1 Å². The predicted octanol–water partition coefficient (Wildman–Crippen LogP) is 10.2. The first-order valence-corrected chi connectivity index (χ1v) is 17.9. The normalized spacial score (nSPS) is 13.5. The molecule has 8 aromatic rings. The number of hydrogen-bond donors (Lipinski definition) is 0. The second-order valence-corrected chi connectivity index (χ2v) is 16.5. The highest BCUT2D eigenvalue weighted by atomic mass is 28.3. The minimum absolute atomic E-state index is 0.953. The van der Waals surface area contributed by atoms with Gasteiger partial charge in [0, 0.05) is 27.5 Å². The molecule has 204 valence electrons. The molecule has 1 aliphatic rings. The molecule has 7 aromatic carbocycles. The van der Waals surface area contributed by atoms with Crippen LogP contribution >= 0.6 is 0 Å². The Labute approximate surface area is 251 Å². The molecule has 0 saturated carbocycles. The maximum atomic E-state index is 6.32. The average molecular weight is 568 g/mol. The Morgan fingerprint density at radius 2 is 1.21 bits per heavy atom. The molecule has 2 nitrogen and oxygen atoms in total. The highest BCUT2D eigenvalue weighted by Gasteiger charge is 2.39. The SMILES string of the molecule is C[Si]1(C)c2cc(N(c3ccccc3)c3cc4ccccc4c4ccccc34)ccc2-c2c1ccc1oc3ccccc3c21. The number of hydrogen-bond acceptors (Lipinski definition) is 2. The number of nitrogens with zero attached hydrogens (tertiary/aromatic N) is 1. The van der Waals surface area contributed by atoms with Gasteiger partial charge in [0.15, 0.2) is 0 Å². The summed E-state index contributed by atoms with van der Waals surface area (Å²) in [5, 5.41) is 10.5. The molecule has 0 amide bonds. The Kier molecular flexibility index (Phi) is 5.09. The molecular weight excluding hydrogens is 539 g/mol. The summed E-state index contributed by atoms with van der Waals surface area (Å²) < 4.78 is 6.32. The standard InChI is InChI=1S/C40H29NOSi/c1-43(2)37-23-22-36-39(32-18-10-11-19-35(32)42-36)40(37)33-21-20-28(25-38(33)43)41(27-13-4-3-5-14-27)34-24-26-12-6-7-15-29(26)30-16-8-9-17-31(30)34/h3-25H,1-2H3. The van der Waals surface area contributed by atoms with Gasteiger partial charge in [0.25, 0.3) is 0 Å². The van der Waals surface area contributed by atoms with Crippen LogP contribution in [-0.2, 0) is 0 Å². The summed E-state index contributed by atoms with van der Waals surface area (Å²) in [6.45, 7) is 4.99. The van der Waals surface area contributed by atoms with Crippen LogP contribution < -0.4 is 15.3 Å². The molecule has 0 bridgehead atoms. The van der Waals surface area contributed by atoms with E-state index in [9.17, 15) is 0 Å². The second kappa shape index (κ2) is 8.94. The van der Waals surface area contributed by atoms with Crippen molar-refractivity contribution >= 4 is 79.0 Å². The summed E-state index contributed by atoms with van der Waals surface area (Å²) in [5.74, 6) is 0. The molecule has 0 atom stereocenters. The number of fused-ring (bicyclic) bond motifs is 10. The maximum Gasteiger partial charge on any atom is 0.136 e. The summed E-state index contributed by atoms with van der Waals surface area (Å²) in [7, 11) is -2.00. The molecule has 3 heteroatoms. The molecule has 0 radical (unpaired) electrons. The van der Waals surface area contributed by atoms with Gasteiger partial charge in [0.2, 0.25) is 0 Å². The summed E-state index contributed by atoms with van der Waals surface area (Å²) in [5.41, 5.74) is 8.17. The van der Waals surface area contributed by atoms with Crippen molar-refractivity contribution in [2.75, 3.05) is 4.90 Å². The average Bonchev–Trinajstić information content (AvgIpc) is 3.54. The molecule has 0 N–H and O–H groups in total. The number of rotatable bonds is 3. The zero-order chi connectivity index (χ0) is 28.7. The third-order valence-corrected chi connectivity index (χ3v) is 12.9. The molecule has 9 rings (SSSR count). The number of furan rings is 1. The molecule has 2 heterocycles. The van der Waals surface area contributed by atoms with Crippen LogP contribution in [0.4, 0.5) is 17.1 Å². The Hall–Kier alpha value is -5.12. The van der Waals surface area contributed by atoms with E-state index in [0.29, 0.717) is 0 Å². The molecule has 0 spiro atoms. The topological polar surface area (TPSA) is 16.4 Å². The Morgan fingerprint density at radius 1 is 0.512 bits per heavy atom. The van der Waals surface area contributed by atoms with Crippen LogP contribution in [0.1, 0.15) is 0 Å². The van der Waals surface area contributed by atoms with Crippen molar-refractivity contribution in [3.05, 3.63) is 140 Å². The number of para-hydroxylation sites is 2. The second-order valence-electron chi connectivity index (χ2n) is 12.1. The first kappa shape index (κ1) is 24.5. The van der Waals surface area contributed by atoms with Gasteiger partial charge in [-0.1, -0.05) is 110 Å². The molecule has 0 fully saturated rings. The molecular formula is C40H29NOSi. The maximum absolute atomic E-state index is 6.32. The lowest BCUT2D eigenvalue weighted by Crippen LogP contribution is -2.49. The van der Waals surface area contributed by atoms with Crippen LogP contribution in [0.3, 0.4) is 0 Å². The summed E-state index contributed by atoms with van der Waals surface area (Å²) in [6.07, 6.45) is 0. The van der Waals surface area contributed by atoms with Gasteiger partial charge in [-0.25, -0.2) is 0 Å². The van der Waals surface area contributed by atoms with Crippen molar-refractivity contribution in [2.24, 2.45) is 0 Å². The Morgan fingerprint density at radius 3 is 2.05 bits per heavy atom. The van der Waals surface area contributed by atoms with Crippen molar-refractivity contribution in [2.45, 2.75) is 13.1 Å². The molecule has 0 unspecified atom stereocenters. The molecule has 0 saturated heterocycles. The molecule has 1 aliphatic heterocycles. The summed E-state index contributed by atoms with van der Waals surface area (Å²) >= 11 is 0. The van der Waals surface area contributed by atoms with E-state index in [2.05, 4.69) is 158 Å². The van der Waals surface area contributed by atoms with Crippen LogP contribution in [-0.4, -0.2) is 8.07 Å². The van der Waals surface area contributed by atoms with E-state index in [0.717, 1.165) is 16.9 Å². The van der Waals surface area contributed by atoms with Gasteiger partial charge in [-0.2, -0.15) is 0 Å². The first-order valence-electron chi connectivity index (χ1n) is 14.9. The zero-order valence-electron chi connectivity index (χ0n) is 24.1. The van der Waals surface area contributed by atoms with Crippen LogP contribution in [0.5, 0.6) is 0 Å². The minimum Gasteiger partial charge on any atom is -0.456 e. The fraction of sp³-hybridized carbons (Fsp3) is 0.0500. The van der Waals surface area contributed by atoms with Crippen LogP contribution in [0, 0.1) is 0 Å². The van der Waals surface area contributed by atoms with Crippen LogP contribution in [0.15, 0.2) is 144 Å².